The zero-order chi connectivity index (χ0) is 12.2. The lowest BCUT2D eigenvalue weighted by Gasteiger charge is -2.19. The van der Waals surface area contributed by atoms with E-state index in [9.17, 15) is 8.42 Å². The number of sulfonamides is 1. The van der Waals surface area contributed by atoms with Crippen LogP contribution < -0.4 is 0 Å². The normalized spacial score (nSPS) is 12.2. The summed E-state index contributed by atoms with van der Waals surface area (Å²) in [5.41, 5.74) is 0.579. The molecular weight excluding hydrogens is 294 g/mol. The number of alkyl halides is 1. The Morgan fingerprint density at radius 1 is 1.50 bits per heavy atom. The average molecular weight is 310 g/mol. The molecule has 0 spiro atoms. The van der Waals surface area contributed by atoms with Crippen LogP contribution in [0.4, 0.5) is 0 Å². The SMILES string of the molecule is CCCN(CCBr)S(=O)(=O)c1cn[nH]c1C. The first-order chi connectivity index (χ1) is 7.54. The second kappa shape index (κ2) is 5.79. The van der Waals surface area contributed by atoms with Gasteiger partial charge in [-0.1, -0.05) is 22.9 Å². The number of aryl methyl sites for hydroxylation is 1. The van der Waals surface area contributed by atoms with Crippen LogP contribution in [0.15, 0.2) is 11.1 Å². The van der Waals surface area contributed by atoms with Gasteiger partial charge in [0.2, 0.25) is 10.0 Å². The molecule has 0 amide bonds. The molecule has 1 aromatic heterocycles. The van der Waals surface area contributed by atoms with Gasteiger partial charge in [-0.2, -0.15) is 9.40 Å². The van der Waals surface area contributed by atoms with Gasteiger partial charge in [-0.25, -0.2) is 8.42 Å². The predicted octanol–water partition coefficient (Wildman–Crippen LogP) is 1.51. The van der Waals surface area contributed by atoms with Crippen LogP contribution in [0, 0.1) is 6.92 Å². The molecule has 0 aromatic carbocycles. The lowest BCUT2D eigenvalue weighted by Crippen LogP contribution is -2.33. The molecule has 7 heteroatoms. The number of nitrogens with zero attached hydrogens (tertiary/aromatic N) is 2. The van der Waals surface area contributed by atoms with E-state index in [0.29, 0.717) is 24.1 Å². The third-order valence-corrected chi connectivity index (χ3v) is 4.58. The number of H-pyrrole nitrogens is 1. The van der Waals surface area contributed by atoms with Crippen molar-refractivity contribution in [3.8, 4) is 0 Å². The van der Waals surface area contributed by atoms with E-state index in [1.165, 1.54) is 10.5 Å². The number of hydrogen-bond donors (Lipinski definition) is 1. The largest absolute Gasteiger partial charge is 0.281 e. The van der Waals surface area contributed by atoms with E-state index in [0.717, 1.165) is 6.42 Å². The first-order valence-corrected chi connectivity index (χ1v) is 7.66. The lowest BCUT2D eigenvalue weighted by molar-refractivity contribution is 0.430. The minimum atomic E-state index is -3.40. The van der Waals surface area contributed by atoms with Gasteiger partial charge in [-0.05, 0) is 13.3 Å². The minimum Gasteiger partial charge on any atom is -0.281 e. The maximum atomic E-state index is 12.2. The molecule has 92 valence electrons. The molecule has 0 bridgehead atoms. The van der Waals surface area contributed by atoms with E-state index in [2.05, 4.69) is 26.1 Å². The number of nitrogens with one attached hydrogen (secondary N) is 1. The van der Waals surface area contributed by atoms with Crippen LogP contribution in [0.3, 0.4) is 0 Å². The molecule has 1 heterocycles. The van der Waals surface area contributed by atoms with Crippen LogP contribution in [-0.2, 0) is 10.0 Å². The Bertz CT molecular complexity index is 424. The van der Waals surface area contributed by atoms with Gasteiger partial charge in [-0.3, -0.25) is 5.10 Å². The van der Waals surface area contributed by atoms with Gasteiger partial charge in [-0.15, -0.1) is 0 Å². The molecule has 1 rings (SSSR count). The highest BCUT2D eigenvalue weighted by molar-refractivity contribution is 9.09. The van der Waals surface area contributed by atoms with Crippen molar-refractivity contribution in [3.05, 3.63) is 11.9 Å². The highest BCUT2D eigenvalue weighted by Crippen LogP contribution is 2.17. The van der Waals surface area contributed by atoms with E-state index in [1.807, 2.05) is 6.92 Å². The number of aromatic nitrogens is 2. The summed E-state index contributed by atoms with van der Waals surface area (Å²) >= 11 is 3.26. The first-order valence-electron chi connectivity index (χ1n) is 5.10. The molecular formula is C9H16BrN3O2S. The number of aromatic amines is 1. The Morgan fingerprint density at radius 3 is 2.62 bits per heavy atom. The zero-order valence-corrected chi connectivity index (χ0v) is 11.8. The maximum Gasteiger partial charge on any atom is 0.246 e. The van der Waals surface area contributed by atoms with Crippen molar-refractivity contribution in [1.82, 2.24) is 14.5 Å². The van der Waals surface area contributed by atoms with E-state index in [1.54, 1.807) is 6.92 Å². The molecule has 0 aliphatic carbocycles. The second-order valence-electron chi connectivity index (χ2n) is 3.45. The standard InChI is InChI=1S/C9H16BrN3O2S/c1-3-5-13(6-4-10)16(14,15)9-7-11-12-8(9)2/h7H,3-6H2,1-2H3,(H,11,12). The molecule has 0 aliphatic heterocycles. The van der Waals surface area contributed by atoms with Gasteiger partial charge in [0.25, 0.3) is 0 Å². The van der Waals surface area contributed by atoms with Crippen LogP contribution in [0.1, 0.15) is 19.0 Å². The minimum absolute atomic E-state index is 0.266. The van der Waals surface area contributed by atoms with Crippen molar-refractivity contribution in [2.75, 3.05) is 18.4 Å². The monoisotopic (exact) mass is 309 g/mol. The summed E-state index contributed by atoms with van der Waals surface area (Å²) in [4.78, 5) is 0.266. The molecule has 1 N–H and O–H groups in total. The van der Waals surface area contributed by atoms with Gasteiger partial charge in [0, 0.05) is 18.4 Å². The zero-order valence-electron chi connectivity index (χ0n) is 9.40. The summed E-state index contributed by atoms with van der Waals surface area (Å²) in [5.74, 6) is 0. The van der Waals surface area contributed by atoms with Crippen LogP contribution in [0.25, 0.3) is 0 Å². The summed E-state index contributed by atoms with van der Waals surface area (Å²) in [6.07, 6.45) is 2.16. The highest BCUT2D eigenvalue weighted by atomic mass is 79.9. The van der Waals surface area contributed by atoms with Gasteiger partial charge in [0.05, 0.1) is 11.9 Å². The fourth-order valence-corrected chi connectivity index (χ4v) is 3.75. The Labute approximate surface area is 104 Å². The molecule has 0 radical (unpaired) electrons. The van der Waals surface area contributed by atoms with Crippen molar-refractivity contribution >= 4 is 26.0 Å². The fraction of sp³-hybridized carbons (Fsp3) is 0.667. The smallest absolute Gasteiger partial charge is 0.246 e. The predicted molar refractivity (Wildman–Crippen MR) is 66.2 cm³/mol. The summed E-state index contributed by atoms with van der Waals surface area (Å²) in [6, 6.07) is 0. The Balaban J connectivity index is 3.03. The molecule has 0 saturated heterocycles. The Morgan fingerprint density at radius 2 is 2.19 bits per heavy atom. The van der Waals surface area contributed by atoms with Crippen molar-refractivity contribution in [1.29, 1.82) is 0 Å². The van der Waals surface area contributed by atoms with E-state index >= 15 is 0 Å². The summed E-state index contributed by atoms with van der Waals surface area (Å²) in [6.45, 7) is 4.66. The fourth-order valence-electron chi connectivity index (χ4n) is 1.43. The van der Waals surface area contributed by atoms with Crippen molar-refractivity contribution in [3.63, 3.8) is 0 Å². The summed E-state index contributed by atoms with van der Waals surface area (Å²) in [7, 11) is -3.40. The number of rotatable bonds is 6. The van der Waals surface area contributed by atoms with Gasteiger partial charge >= 0.3 is 0 Å². The van der Waals surface area contributed by atoms with Crippen LogP contribution >= 0.6 is 15.9 Å². The van der Waals surface area contributed by atoms with Gasteiger partial charge in [0.1, 0.15) is 4.90 Å². The third kappa shape index (κ3) is 2.83. The van der Waals surface area contributed by atoms with E-state index in [-0.39, 0.29) is 4.90 Å². The number of hydrogen-bond acceptors (Lipinski definition) is 3. The molecule has 5 nitrogen and oxygen atoms in total. The van der Waals surface area contributed by atoms with E-state index in [4.69, 9.17) is 0 Å². The molecule has 0 aliphatic rings. The van der Waals surface area contributed by atoms with Crippen molar-refractivity contribution < 1.29 is 8.42 Å². The van der Waals surface area contributed by atoms with Crippen LogP contribution in [0.2, 0.25) is 0 Å². The lowest BCUT2D eigenvalue weighted by atomic mass is 10.5. The second-order valence-corrected chi connectivity index (χ2v) is 6.15. The topological polar surface area (TPSA) is 66.1 Å². The maximum absolute atomic E-state index is 12.2. The number of halogens is 1. The Hall–Kier alpha value is -0.400. The van der Waals surface area contributed by atoms with Crippen molar-refractivity contribution in [2.45, 2.75) is 25.2 Å². The first kappa shape index (κ1) is 13.7. The Kier molecular flexibility index (Phi) is 4.94. The average Bonchev–Trinajstić information content (AvgIpc) is 2.65. The third-order valence-electron chi connectivity index (χ3n) is 2.21. The van der Waals surface area contributed by atoms with Crippen molar-refractivity contribution in [2.24, 2.45) is 0 Å². The molecule has 0 saturated carbocycles. The quantitative estimate of drug-likeness (QED) is 0.810. The summed E-state index contributed by atoms with van der Waals surface area (Å²) in [5, 5.41) is 7.02. The molecule has 1 aromatic rings. The van der Waals surface area contributed by atoms with Crippen LogP contribution in [0.5, 0.6) is 0 Å². The van der Waals surface area contributed by atoms with Gasteiger partial charge in [0.15, 0.2) is 0 Å². The molecule has 0 unspecified atom stereocenters. The highest BCUT2D eigenvalue weighted by Gasteiger charge is 2.25. The summed E-state index contributed by atoms with van der Waals surface area (Å²) < 4.78 is 26.0. The molecule has 0 fully saturated rings. The van der Waals surface area contributed by atoms with Crippen LogP contribution in [-0.4, -0.2) is 41.3 Å². The molecule has 16 heavy (non-hydrogen) atoms. The van der Waals surface area contributed by atoms with E-state index < -0.39 is 10.0 Å². The molecule has 0 atom stereocenters. The van der Waals surface area contributed by atoms with Gasteiger partial charge < -0.3 is 0 Å².